The fourth-order valence-corrected chi connectivity index (χ4v) is 6.54. The third-order valence-corrected chi connectivity index (χ3v) is 8.82. The molecule has 0 aliphatic rings. The number of nitrogens with zero attached hydrogens (tertiary/aromatic N) is 1. The SMILES string of the molecule is C\C=C/C(=C\N)C(/C=C\Cc1ccc2c3ccc4cc(-c5cccc(-c6ccccc6)c5)ccc4c3n(-c3ccccc3)c2c1)=C/N. The first-order valence-electron chi connectivity index (χ1n) is 16.0. The van der Waals surface area contributed by atoms with E-state index in [1.165, 1.54) is 60.4 Å². The van der Waals surface area contributed by atoms with Gasteiger partial charge in [-0.1, -0.05) is 127 Å². The highest BCUT2D eigenvalue weighted by Gasteiger charge is 2.16. The first kappa shape index (κ1) is 29.6. The molecule has 0 saturated carbocycles. The van der Waals surface area contributed by atoms with Crippen molar-refractivity contribution in [2.75, 3.05) is 0 Å². The summed E-state index contributed by atoms with van der Waals surface area (Å²) >= 11 is 0. The van der Waals surface area contributed by atoms with Gasteiger partial charge < -0.3 is 16.0 Å². The molecule has 3 heteroatoms. The summed E-state index contributed by atoms with van der Waals surface area (Å²) < 4.78 is 2.42. The van der Waals surface area contributed by atoms with Crippen molar-refractivity contribution < 1.29 is 0 Å². The number of fused-ring (bicyclic) bond motifs is 5. The van der Waals surface area contributed by atoms with Crippen LogP contribution in [0.15, 0.2) is 181 Å². The molecule has 0 aliphatic carbocycles. The van der Waals surface area contributed by atoms with Crippen LogP contribution >= 0.6 is 0 Å². The molecule has 7 rings (SSSR count). The quantitative estimate of drug-likeness (QED) is 0.169. The highest BCUT2D eigenvalue weighted by molar-refractivity contribution is 6.19. The Hall–Kier alpha value is -6.06. The summed E-state index contributed by atoms with van der Waals surface area (Å²) in [5, 5.41) is 4.93. The Balaban J connectivity index is 1.33. The Morgan fingerprint density at radius 1 is 0.574 bits per heavy atom. The van der Waals surface area contributed by atoms with Crippen LogP contribution in [-0.4, -0.2) is 4.57 Å². The van der Waals surface area contributed by atoms with Gasteiger partial charge in [0.1, 0.15) is 0 Å². The predicted octanol–water partition coefficient (Wildman–Crippen LogP) is 10.6. The van der Waals surface area contributed by atoms with Crippen LogP contribution in [0.4, 0.5) is 0 Å². The topological polar surface area (TPSA) is 57.0 Å². The summed E-state index contributed by atoms with van der Waals surface area (Å²) in [6.07, 6.45) is 12.1. The molecule has 0 spiro atoms. The molecule has 0 atom stereocenters. The third-order valence-electron chi connectivity index (χ3n) is 8.82. The van der Waals surface area contributed by atoms with Crippen molar-refractivity contribution in [1.82, 2.24) is 4.57 Å². The molecular formula is C44H37N3. The van der Waals surface area contributed by atoms with E-state index in [4.69, 9.17) is 11.5 Å². The number of hydrogen-bond acceptors (Lipinski definition) is 2. The Morgan fingerprint density at radius 3 is 1.96 bits per heavy atom. The maximum absolute atomic E-state index is 5.93. The van der Waals surface area contributed by atoms with Crippen molar-refractivity contribution in [3.8, 4) is 27.9 Å². The average Bonchev–Trinajstić information content (AvgIpc) is 3.47. The molecule has 228 valence electrons. The largest absolute Gasteiger partial charge is 0.404 e. The van der Waals surface area contributed by atoms with Gasteiger partial charge in [-0.2, -0.15) is 0 Å². The summed E-state index contributed by atoms with van der Waals surface area (Å²) in [6, 6.07) is 48.3. The van der Waals surface area contributed by atoms with Crippen LogP contribution in [0.1, 0.15) is 12.5 Å². The number of hydrogen-bond donors (Lipinski definition) is 2. The number of aromatic nitrogens is 1. The molecule has 3 nitrogen and oxygen atoms in total. The number of rotatable bonds is 8. The zero-order chi connectivity index (χ0) is 32.2. The van der Waals surface area contributed by atoms with Crippen LogP contribution in [0.5, 0.6) is 0 Å². The van der Waals surface area contributed by atoms with Gasteiger partial charge in [0.15, 0.2) is 0 Å². The third kappa shape index (κ3) is 5.76. The maximum Gasteiger partial charge on any atom is 0.0619 e. The molecule has 0 saturated heterocycles. The van der Waals surface area contributed by atoms with E-state index in [9.17, 15) is 0 Å². The van der Waals surface area contributed by atoms with Gasteiger partial charge in [-0.05, 0) is 88.0 Å². The van der Waals surface area contributed by atoms with Crippen LogP contribution in [0.2, 0.25) is 0 Å². The maximum atomic E-state index is 5.93. The molecule has 0 bridgehead atoms. The van der Waals surface area contributed by atoms with Gasteiger partial charge in [0.25, 0.3) is 0 Å². The average molecular weight is 608 g/mol. The molecule has 1 aromatic heterocycles. The molecule has 1 heterocycles. The highest BCUT2D eigenvalue weighted by atomic mass is 15.0. The van der Waals surface area contributed by atoms with Crippen molar-refractivity contribution in [2.24, 2.45) is 11.5 Å². The van der Waals surface area contributed by atoms with Crippen molar-refractivity contribution in [3.63, 3.8) is 0 Å². The second kappa shape index (κ2) is 13.1. The summed E-state index contributed by atoms with van der Waals surface area (Å²) in [5.74, 6) is 0. The van der Waals surface area contributed by atoms with E-state index in [0.29, 0.717) is 0 Å². The Labute approximate surface area is 276 Å². The lowest BCUT2D eigenvalue weighted by molar-refractivity contribution is 1.17. The van der Waals surface area contributed by atoms with Gasteiger partial charge in [0.2, 0.25) is 0 Å². The lowest BCUT2D eigenvalue weighted by Gasteiger charge is -2.12. The standard InChI is InChI=1S/C44H37N3/c1-2-11-37(29-45)38(30-46)17-9-12-31-20-23-41-42-25-22-36-28-35(34-16-10-15-33(27-34)32-13-5-3-6-14-32)21-24-40(36)44(42)47(43(41)26-31)39-18-7-4-8-19-39/h2-11,13-30H,12,45-46H2,1H3/b11-2-,17-9-,37-29+,38-30+. The zero-order valence-electron chi connectivity index (χ0n) is 26.5. The molecule has 0 unspecified atom stereocenters. The smallest absolute Gasteiger partial charge is 0.0619 e. The minimum absolute atomic E-state index is 0.767. The van der Waals surface area contributed by atoms with E-state index in [1.807, 2.05) is 25.2 Å². The Bertz CT molecular complexity index is 2340. The number of para-hydroxylation sites is 1. The summed E-state index contributed by atoms with van der Waals surface area (Å²) in [5.41, 5.74) is 23.2. The second-order valence-corrected chi connectivity index (χ2v) is 11.7. The van der Waals surface area contributed by atoms with E-state index in [1.54, 1.807) is 12.4 Å². The van der Waals surface area contributed by atoms with Crippen LogP contribution in [-0.2, 0) is 6.42 Å². The normalized spacial score (nSPS) is 12.7. The lowest BCUT2D eigenvalue weighted by Crippen LogP contribution is -1.95. The number of benzene rings is 6. The fraction of sp³-hybridized carbons (Fsp3) is 0.0455. The molecule has 47 heavy (non-hydrogen) atoms. The van der Waals surface area contributed by atoms with E-state index in [0.717, 1.165) is 23.3 Å². The van der Waals surface area contributed by atoms with Crippen LogP contribution in [0.3, 0.4) is 0 Å². The minimum atomic E-state index is 0.767. The lowest BCUT2D eigenvalue weighted by atomic mass is 9.96. The molecule has 7 aromatic rings. The predicted molar refractivity (Wildman–Crippen MR) is 201 cm³/mol. The van der Waals surface area contributed by atoms with Gasteiger partial charge in [0, 0.05) is 34.2 Å². The molecule has 0 amide bonds. The number of nitrogens with two attached hydrogens (primary N) is 2. The monoisotopic (exact) mass is 607 g/mol. The summed E-state index contributed by atoms with van der Waals surface area (Å²) in [6.45, 7) is 1.97. The molecule has 0 radical (unpaired) electrons. The van der Waals surface area contributed by atoms with Gasteiger partial charge in [-0.25, -0.2) is 0 Å². The first-order chi connectivity index (χ1) is 23.2. The fourth-order valence-electron chi connectivity index (χ4n) is 6.54. The van der Waals surface area contributed by atoms with E-state index in [-0.39, 0.29) is 0 Å². The molecule has 0 aliphatic heterocycles. The summed E-state index contributed by atoms with van der Waals surface area (Å²) in [4.78, 5) is 0. The van der Waals surface area contributed by atoms with Crippen molar-refractivity contribution in [2.45, 2.75) is 13.3 Å². The van der Waals surface area contributed by atoms with Crippen molar-refractivity contribution in [3.05, 3.63) is 187 Å². The summed E-state index contributed by atoms with van der Waals surface area (Å²) in [7, 11) is 0. The Morgan fingerprint density at radius 2 is 1.21 bits per heavy atom. The Kier molecular flexibility index (Phi) is 8.27. The van der Waals surface area contributed by atoms with Crippen molar-refractivity contribution >= 4 is 32.6 Å². The van der Waals surface area contributed by atoms with Gasteiger partial charge in [0.05, 0.1) is 11.0 Å². The van der Waals surface area contributed by atoms with Crippen LogP contribution in [0.25, 0.3) is 60.5 Å². The molecule has 0 fully saturated rings. The number of allylic oxidation sites excluding steroid dienone is 6. The van der Waals surface area contributed by atoms with Gasteiger partial charge in [-0.15, -0.1) is 0 Å². The molecule has 6 aromatic carbocycles. The minimum Gasteiger partial charge on any atom is -0.404 e. The molecular weight excluding hydrogens is 571 g/mol. The van der Waals surface area contributed by atoms with Crippen LogP contribution in [0, 0.1) is 0 Å². The second-order valence-electron chi connectivity index (χ2n) is 11.7. The van der Waals surface area contributed by atoms with E-state index >= 15 is 0 Å². The first-order valence-corrected chi connectivity index (χ1v) is 16.0. The van der Waals surface area contributed by atoms with Gasteiger partial charge >= 0.3 is 0 Å². The van der Waals surface area contributed by atoms with Crippen LogP contribution < -0.4 is 11.5 Å². The van der Waals surface area contributed by atoms with Crippen molar-refractivity contribution in [1.29, 1.82) is 0 Å². The van der Waals surface area contributed by atoms with Gasteiger partial charge in [-0.3, -0.25) is 0 Å². The van der Waals surface area contributed by atoms with E-state index < -0.39 is 0 Å². The highest BCUT2D eigenvalue weighted by Crippen LogP contribution is 2.38. The van der Waals surface area contributed by atoms with E-state index in [2.05, 4.69) is 144 Å². The molecule has 4 N–H and O–H groups in total. The zero-order valence-corrected chi connectivity index (χ0v) is 26.5.